The van der Waals surface area contributed by atoms with Crippen LogP contribution < -0.4 is 11.3 Å². The van der Waals surface area contributed by atoms with Gasteiger partial charge in [-0.1, -0.05) is 36.4 Å². The van der Waals surface area contributed by atoms with Crippen LogP contribution in [0.3, 0.4) is 0 Å². The number of benzene rings is 2. The lowest BCUT2D eigenvalue weighted by Crippen LogP contribution is -2.29. The number of hydrogen-bond donors (Lipinski definition) is 2. The number of para-hydroxylation sites is 1. The van der Waals surface area contributed by atoms with Gasteiger partial charge in [-0.2, -0.15) is 0 Å². The maximum absolute atomic E-state index is 14.3. The molecule has 0 aliphatic heterocycles. The van der Waals surface area contributed by atoms with Crippen LogP contribution in [0.25, 0.3) is 11.0 Å². The topological polar surface area (TPSA) is 51.2 Å². The standard InChI is InChI=1S/C17H17FN2O/c1-10-5-4-8-13(15(10)18)16(20-19)14-9-12-7-3-6-11(2)17(12)21-14/h3-9,16,20H,19H2,1-2H3. The van der Waals surface area contributed by atoms with E-state index < -0.39 is 6.04 Å². The van der Waals surface area contributed by atoms with Gasteiger partial charge in [-0.25, -0.2) is 9.82 Å². The lowest BCUT2D eigenvalue weighted by atomic mass is 10.0. The Balaban J connectivity index is 2.14. The Morgan fingerprint density at radius 1 is 1.10 bits per heavy atom. The molecule has 3 aromatic rings. The number of halogens is 1. The van der Waals surface area contributed by atoms with Crippen molar-refractivity contribution >= 4 is 11.0 Å². The van der Waals surface area contributed by atoms with Crippen molar-refractivity contribution in [3.05, 3.63) is 70.7 Å². The van der Waals surface area contributed by atoms with E-state index >= 15 is 0 Å². The third kappa shape index (κ3) is 2.33. The maximum Gasteiger partial charge on any atom is 0.137 e. The summed E-state index contributed by atoms with van der Waals surface area (Å²) in [4.78, 5) is 0. The number of rotatable bonds is 3. The number of nitrogens with one attached hydrogen (secondary N) is 1. The second kappa shape index (κ2) is 5.31. The number of hydrazine groups is 1. The van der Waals surface area contributed by atoms with Gasteiger partial charge in [0.2, 0.25) is 0 Å². The first-order valence-corrected chi connectivity index (χ1v) is 6.82. The van der Waals surface area contributed by atoms with E-state index in [9.17, 15) is 4.39 Å². The smallest absolute Gasteiger partial charge is 0.137 e. The SMILES string of the molecule is Cc1cccc(C(NN)c2cc3cccc(C)c3o2)c1F. The largest absolute Gasteiger partial charge is 0.459 e. The molecule has 3 nitrogen and oxygen atoms in total. The molecule has 0 bridgehead atoms. The van der Waals surface area contributed by atoms with Crippen LogP contribution in [0.5, 0.6) is 0 Å². The summed E-state index contributed by atoms with van der Waals surface area (Å²) in [6, 6.07) is 12.6. The highest BCUT2D eigenvalue weighted by molar-refractivity contribution is 5.81. The normalized spacial score (nSPS) is 12.8. The summed E-state index contributed by atoms with van der Waals surface area (Å²) >= 11 is 0. The van der Waals surface area contributed by atoms with Crippen molar-refractivity contribution in [2.45, 2.75) is 19.9 Å². The van der Waals surface area contributed by atoms with Gasteiger partial charge in [0.05, 0.1) is 0 Å². The number of aryl methyl sites for hydroxylation is 2. The maximum atomic E-state index is 14.3. The molecule has 0 saturated carbocycles. The molecule has 0 aliphatic rings. The number of furan rings is 1. The first-order valence-electron chi connectivity index (χ1n) is 6.82. The molecule has 3 rings (SSSR count). The molecule has 0 saturated heterocycles. The minimum Gasteiger partial charge on any atom is -0.459 e. The summed E-state index contributed by atoms with van der Waals surface area (Å²) in [6.07, 6.45) is 0. The van der Waals surface area contributed by atoms with E-state index in [1.165, 1.54) is 0 Å². The van der Waals surface area contributed by atoms with Crippen molar-refractivity contribution in [2.75, 3.05) is 0 Å². The highest BCUT2D eigenvalue weighted by Gasteiger charge is 2.21. The Morgan fingerprint density at radius 2 is 1.81 bits per heavy atom. The average Bonchev–Trinajstić information content (AvgIpc) is 2.89. The van der Waals surface area contributed by atoms with Crippen LogP contribution in [0.1, 0.15) is 28.5 Å². The van der Waals surface area contributed by atoms with E-state index in [4.69, 9.17) is 10.3 Å². The first-order chi connectivity index (χ1) is 10.1. The first kappa shape index (κ1) is 13.8. The van der Waals surface area contributed by atoms with Gasteiger partial charge < -0.3 is 4.42 Å². The molecular weight excluding hydrogens is 267 g/mol. The highest BCUT2D eigenvalue weighted by Crippen LogP contribution is 2.31. The van der Waals surface area contributed by atoms with Crippen LogP contribution in [-0.2, 0) is 0 Å². The van der Waals surface area contributed by atoms with Gasteiger partial charge in [-0.05, 0) is 31.0 Å². The molecule has 3 N–H and O–H groups in total. The highest BCUT2D eigenvalue weighted by atomic mass is 19.1. The summed E-state index contributed by atoms with van der Waals surface area (Å²) < 4.78 is 20.2. The van der Waals surface area contributed by atoms with Crippen molar-refractivity contribution in [3.8, 4) is 0 Å². The van der Waals surface area contributed by atoms with Gasteiger partial charge in [-0.15, -0.1) is 0 Å². The molecule has 0 aliphatic carbocycles. The molecule has 4 heteroatoms. The quantitative estimate of drug-likeness (QED) is 0.569. The van der Waals surface area contributed by atoms with E-state index in [0.29, 0.717) is 16.9 Å². The number of fused-ring (bicyclic) bond motifs is 1. The van der Waals surface area contributed by atoms with Crippen LogP contribution in [0.4, 0.5) is 4.39 Å². The third-order valence-electron chi connectivity index (χ3n) is 3.74. The molecule has 1 atom stereocenters. The number of hydrogen-bond acceptors (Lipinski definition) is 3. The summed E-state index contributed by atoms with van der Waals surface area (Å²) in [5.74, 6) is 5.98. The minimum atomic E-state index is -0.517. The van der Waals surface area contributed by atoms with Gasteiger partial charge in [-0.3, -0.25) is 5.84 Å². The van der Waals surface area contributed by atoms with Gasteiger partial charge in [0, 0.05) is 10.9 Å². The van der Waals surface area contributed by atoms with E-state index in [2.05, 4.69) is 5.43 Å². The van der Waals surface area contributed by atoms with Gasteiger partial charge in [0.1, 0.15) is 23.2 Å². The third-order valence-corrected chi connectivity index (χ3v) is 3.74. The fourth-order valence-corrected chi connectivity index (χ4v) is 2.59. The summed E-state index contributed by atoms with van der Waals surface area (Å²) in [5, 5.41) is 0.985. The zero-order valence-electron chi connectivity index (χ0n) is 12.0. The summed E-state index contributed by atoms with van der Waals surface area (Å²) in [7, 11) is 0. The zero-order chi connectivity index (χ0) is 15.0. The Kier molecular flexibility index (Phi) is 3.49. The van der Waals surface area contributed by atoms with E-state index in [1.807, 2.05) is 37.3 Å². The molecule has 0 amide bonds. The fourth-order valence-electron chi connectivity index (χ4n) is 2.59. The van der Waals surface area contributed by atoms with Crippen LogP contribution >= 0.6 is 0 Å². The molecular formula is C17H17FN2O. The predicted octanol–water partition coefficient (Wildman–Crippen LogP) is 3.74. The Bertz CT molecular complexity index is 795. The molecule has 1 aromatic heterocycles. The van der Waals surface area contributed by atoms with Crippen molar-refractivity contribution < 1.29 is 8.81 Å². The Morgan fingerprint density at radius 3 is 2.52 bits per heavy atom. The van der Waals surface area contributed by atoms with Crippen LogP contribution in [0.2, 0.25) is 0 Å². The van der Waals surface area contributed by atoms with E-state index in [-0.39, 0.29) is 5.82 Å². The lowest BCUT2D eigenvalue weighted by molar-refractivity contribution is 0.461. The Hall–Kier alpha value is -2.17. The van der Waals surface area contributed by atoms with Crippen molar-refractivity contribution in [3.63, 3.8) is 0 Å². The second-order valence-corrected chi connectivity index (χ2v) is 5.22. The van der Waals surface area contributed by atoms with E-state index in [0.717, 1.165) is 16.5 Å². The minimum absolute atomic E-state index is 0.266. The van der Waals surface area contributed by atoms with Crippen molar-refractivity contribution in [2.24, 2.45) is 5.84 Å². The van der Waals surface area contributed by atoms with Crippen molar-refractivity contribution in [1.29, 1.82) is 0 Å². The monoisotopic (exact) mass is 284 g/mol. The molecule has 2 aromatic carbocycles. The number of nitrogens with two attached hydrogens (primary N) is 1. The molecule has 0 fully saturated rings. The van der Waals surface area contributed by atoms with Crippen LogP contribution in [-0.4, -0.2) is 0 Å². The molecule has 108 valence electrons. The lowest BCUT2D eigenvalue weighted by Gasteiger charge is -2.15. The molecule has 1 heterocycles. The molecule has 1 unspecified atom stereocenters. The summed E-state index contributed by atoms with van der Waals surface area (Å²) in [5.41, 5.74) is 5.56. The average molecular weight is 284 g/mol. The van der Waals surface area contributed by atoms with Gasteiger partial charge in [0.25, 0.3) is 0 Å². The van der Waals surface area contributed by atoms with Crippen LogP contribution in [0, 0.1) is 19.7 Å². The van der Waals surface area contributed by atoms with E-state index in [1.54, 1.807) is 19.1 Å². The molecule has 0 radical (unpaired) electrons. The molecule has 0 spiro atoms. The Labute approximate surface area is 122 Å². The zero-order valence-corrected chi connectivity index (χ0v) is 12.0. The van der Waals surface area contributed by atoms with Gasteiger partial charge >= 0.3 is 0 Å². The van der Waals surface area contributed by atoms with Gasteiger partial charge in [0.15, 0.2) is 0 Å². The molecule has 21 heavy (non-hydrogen) atoms. The summed E-state index contributed by atoms with van der Waals surface area (Å²) in [6.45, 7) is 3.71. The second-order valence-electron chi connectivity index (χ2n) is 5.22. The van der Waals surface area contributed by atoms with Crippen molar-refractivity contribution in [1.82, 2.24) is 5.43 Å². The fraction of sp³-hybridized carbons (Fsp3) is 0.176. The predicted molar refractivity (Wildman–Crippen MR) is 81.3 cm³/mol. The van der Waals surface area contributed by atoms with Crippen LogP contribution in [0.15, 0.2) is 46.9 Å².